The molecule has 0 radical (unpaired) electrons. The number of halogens is 1. The summed E-state index contributed by atoms with van der Waals surface area (Å²) in [6.07, 6.45) is 1.33. The number of nitrogens with zero attached hydrogens (tertiary/aromatic N) is 2. The van der Waals surface area contributed by atoms with Gasteiger partial charge in [-0.3, -0.25) is 0 Å². The molecule has 0 aliphatic carbocycles. The fourth-order valence-corrected chi connectivity index (χ4v) is 3.24. The van der Waals surface area contributed by atoms with Crippen molar-refractivity contribution in [3.8, 4) is 0 Å². The van der Waals surface area contributed by atoms with E-state index >= 15 is 0 Å². The fourth-order valence-electron chi connectivity index (χ4n) is 2.89. The summed E-state index contributed by atoms with van der Waals surface area (Å²) in [5.41, 5.74) is 4.10. The maximum absolute atomic E-state index is 3.51. The first-order valence-corrected chi connectivity index (χ1v) is 7.77. The van der Waals surface area contributed by atoms with Crippen molar-refractivity contribution in [3.05, 3.63) is 29.3 Å². The second-order valence-electron chi connectivity index (χ2n) is 5.55. The Morgan fingerprint density at radius 2 is 2.22 bits per heavy atom. The first-order valence-electron chi connectivity index (χ1n) is 6.65. The summed E-state index contributed by atoms with van der Waals surface area (Å²) in [5.74, 6) is 0.815. The molecule has 18 heavy (non-hydrogen) atoms. The molecule has 1 aromatic carbocycles. The Hall–Kier alpha value is -0.540. The average molecular weight is 311 g/mol. The summed E-state index contributed by atoms with van der Waals surface area (Å²) in [7, 11) is 4.44. The first kappa shape index (κ1) is 13.9. The Morgan fingerprint density at radius 1 is 1.44 bits per heavy atom. The molecule has 0 amide bonds. The third-order valence-corrected chi connectivity index (χ3v) is 4.50. The van der Waals surface area contributed by atoms with Crippen molar-refractivity contribution >= 4 is 21.6 Å². The van der Waals surface area contributed by atoms with Crippen molar-refractivity contribution in [1.82, 2.24) is 4.90 Å². The van der Waals surface area contributed by atoms with Gasteiger partial charge in [0.05, 0.1) is 0 Å². The van der Waals surface area contributed by atoms with Gasteiger partial charge in [-0.15, -0.1) is 0 Å². The van der Waals surface area contributed by atoms with E-state index in [1.54, 1.807) is 0 Å². The highest BCUT2D eigenvalue weighted by Gasteiger charge is 2.21. The topological polar surface area (TPSA) is 6.48 Å². The Kier molecular flexibility index (Phi) is 4.68. The van der Waals surface area contributed by atoms with E-state index in [1.807, 2.05) is 0 Å². The minimum absolute atomic E-state index is 0.815. The van der Waals surface area contributed by atoms with E-state index in [0.717, 1.165) is 11.2 Å². The number of aryl methyl sites for hydroxylation is 1. The molecule has 1 aliphatic rings. The molecule has 0 aromatic heterocycles. The highest BCUT2D eigenvalue weighted by molar-refractivity contribution is 9.08. The van der Waals surface area contributed by atoms with Crippen molar-refractivity contribution in [2.45, 2.75) is 18.7 Å². The lowest BCUT2D eigenvalue weighted by Gasteiger charge is -2.25. The van der Waals surface area contributed by atoms with Gasteiger partial charge in [-0.05, 0) is 50.0 Å². The second kappa shape index (κ2) is 6.07. The molecule has 1 atom stereocenters. The summed E-state index contributed by atoms with van der Waals surface area (Å²) in [5, 5.41) is 0.936. The van der Waals surface area contributed by atoms with E-state index in [0.29, 0.717) is 0 Å². The molecular weight excluding hydrogens is 288 g/mol. The highest BCUT2D eigenvalue weighted by Crippen LogP contribution is 2.24. The van der Waals surface area contributed by atoms with Gasteiger partial charge in [-0.2, -0.15) is 0 Å². The zero-order valence-electron chi connectivity index (χ0n) is 11.6. The van der Waals surface area contributed by atoms with Crippen molar-refractivity contribution < 1.29 is 0 Å². The van der Waals surface area contributed by atoms with Crippen molar-refractivity contribution in [2.24, 2.45) is 5.92 Å². The number of likely N-dealkylation sites (tertiary alicyclic amines) is 1. The van der Waals surface area contributed by atoms with Gasteiger partial charge in [0.15, 0.2) is 0 Å². The predicted octanol–water partition coefficient (Wildman–Crippen LogP) is 3.28. The van der Waals surface area contributed by atoms with Crippen LogP contribution in [0.2, 0.25) is 0 Å². The molecule has 2 rings (SSSR count). The molecule has 1 heterocycles. The number of rotatable bonds is 4. The number of hydrogen-bond acceptors (Lipinski definition) is 2. The maximum atomic E-state index is 3.51. The van der Waals surface area contributed by atoms with Gasteiger partial charge in [0.25, 0.3) is 0 Å². The number of benzene rings is 1. The third-order valence-electron chi connectivity index (χ3n) is 3.85. The normalized spacial score (nSPS) is 20.3. The van der Waals surface area contributed by atoms with Crippen LogP contribution in [0.5, 0.6) is 0 Å². The van der Waals surface area contributed by atoms with Crippen LogP contribution >= 0.6 is 15.9 Å². The molecule has 0 saturated carbocycles. The Labute approximate surface area is 119 Å². The lowest BCUT2D eigenvalue weighted by molar-refractivity contribution is 0.396. The molecule has 1 aliphatic heterocycles. The van der Waals surface area contributed by atoms with Gasteiger partial charge in [0, 0.05) is 31.2 Å². The lowest BCUT2D eigenvalue weighted by atomic mass is 10.1. The Morgan fingerprint density at radius 3 is 2.78 bits per heavy atom. The van der Waals surface area contributed by atoms with Gasteiger partial charge >= 0.3 is 0 Å². The number of anilines is 1. The largest absolute Gasteiger partial charge is 0.374 e. The summed E-state index contributed by atoms with van der Waals surface area (Å²) in [6, 6.07) is 6.75. The van der Waals surface area contributed by atoms with E-state index in [-0.39, 0.29) is 0 Å². The van der Waals surface area contributed by atoms with Crippen molar-refractivity contribution in [2.75, 3.05) is 38.6 Å². The van der Waals surface area contributed by atoms with E-state index in [9.17, 15) is 0 Å². The van der Waals surface area contributed by atoms with Gasteiger partial charge < -0.3 is 9.80 Å². The Bertz CT molecular complexity index is 405. The van der Waals surface area contributed by atoms with E-state index in [1.165, 1.54) is 42.9 Å². The SMILES string of the molecule is Cc1cc(CBr)ccc1N(C)CC1CCN(C)C1. The van der Waals surface area contributed by atoms with Crippen LogP contribution in [0.15, 0.2) is 18.2 Å². The molecule has 100 valence electrons. The van der Waals surface area contributed by atoms with Crippen molar-refractivity contribution in [1.29, 1.82) is 0 Å². The van der Waals surface area contributed by atoms with Crippen LogP contribution < -0.4 is 4.90 Å². The van der Waals surface area contributed by atoms with E-state index in [4.69, 9.17) is 0 Å². The molecule has 3 heteroatoms. The first-order chi connectivity index (χ1) is 8.60. The highest BCUT2D eigenvalue weighted by atomic mass is 79.9. The third kappa shape index (κ3) is 3.27. The van der Waals surface area contributed by atoms with Crippen molar-refractivity contribution in [3.63, 3.8) is 0 Å². The van der Waals surface area contributed by atoms with E-state index in [2.05, 4.69) is 64.9 Å². The molecule has 2 nitrogen and oxygen atoms in total. The molecule has 0 N–H and O–H groups in total. The summed E-state index contributed by atoms with van der Waals surface area (Å²) in [6.45, 7) is 5.86. The van der Waals surface area contributed by atoms with Crippen LogP contribution in [0.3, 0.4) is 0 Å². The number of alkyl halides is 1. The predicted molar refractivity (Wildman–Crippen MR) is 82.7 cm³/mol. The minimum atomic E-state index is 0.815. The standard InChI is InChI=1S/C15H23BrN2/c1-12-8-13(9-16)4-5-15(12)18(3)11-14-6-7-17(2)10-14/h4-5,8,14H,6-7,9-11H2,1-3H3. The summed E-state index contributed by atoms with van der Waals surface area (Å²) < 4.78 is 0. The lowest BCUT2D eigenvalue weighted by Crippen LogP contribution is -2.27. The van der Waals surface area contributed by atoms with Crippen LogP contribution in [0.1, 0.15) is 17.5 Å². The van der Waals surface area contributed by atoms with Crippen LogP contribution in [0.4, 0.5) is 5.69 Å². The molecule has 1 fully saturated rings. The van der Waals surface area contributed by atoms with Crippen LogP contribution in [-0.4, -0.2) is 38.6 Å². The van der Waals surface area contributed by atoms with Crippen LogP contribution in [-0.2, 0) is 5.33 Å². The molecule has 1 aromatic rings. The van der Waals surface area contributed by atoms with Crippen LogP contribution in [0, 0.1) is 12.8 Å². The minimum Gasteiger partial charge on any atom is -0.374 e. The summed E-state index contributed by atoms with van der Waals surface area (Å²) in [4.78, 5) is 4.84. The van der Waals surface area contributed by atoms with E-state index < -0.39 is 0 Å². The molecule has 1 unspecified atom stereocenters. The molecule has 0 bridgehead atoms. The zero-order chi connectivity index (χ0) is 13.1. The molecular formula is C15H23BrN2. The second-order valence-corrected chi connectivity index (χ2v) is 6.11. The zero-order valence-corrected chi connectivity index (χ0v) is 13.2. The quantitative estimate of drug-likeness (QED) is 0.788. The van der Waals surface area contributed by atoms with Gasteiger partial charge in [-0.25, -0.2) is 0 Å². The smallest absolute Gasteiger partial charge is 0.0393 e. The number of hydrogen-bond donors (Lipinski definition) is 0. The average Bonchev–Trinajstić information content (AvgIpc) is 2.74. The molecule has 1 saturated heterocycles. The van der Waals surface area contributed by atoms with Gasteiger partial charge in [0.2, 0.25) is 0 Å². The monoisotopic (exact) mass is 310 g/mol. The summed E-state index contributed by atoms with van der Waals surface area (Å²) >= 11 is 3.51. The van der Waals surface area contributed by atoms with Gasteiger partial charge in [0.1, 0.15) is 0 Å². The fraction of sp³-hybridized carbons (Fsp3) is 0.600. The Balaban J connectivity index is 2.02. The van der Waals surface area contributed by atoms with Crippen LogP contribution in [0.25, 0.3) is 0 Å². The van der Waals surface area contributed by atoms with Gasteiger partial charge in [-0.1, -0.05) is 28.1 Å². The molecule has 0 spiro atoms. The maximum Gasteiger partial charge on any atom is 0.0393 e.